The molecule has 1 aliphatic heterocycles. The van der Waals surface area contributed by atoms with Crippen LogP contribution in [0.2, 0.25) is 0 Å². The number of ether oxygens (including phenoxy) is 1. The molecule has 2 aromatic carbocycles. The summed E-state index contributed by atoms with van der Waals surface area (Å²) in [5.74, 6) is 1.19. The summed E-state index contributed by atoms with van der Waals surface area (Å²) in [4.78, 5) is 23.2. The fraction of sp³-hybridized carbons (Fsp3) is 0.190. The lowest BCUT2D eigenvalue weighted by molar-refractivity contribution is 0.0738. The highest BCUT2D eigenvalue weighted by Gasteiger charge is 2.24. The third-order valence-corrected chi connectivity index (χ3v) is 4.45. The molecule has 0 atom stereocenters. The van der Waals surface area contributed by atoms with Gasteiger partial charge in [-0.15, -0.1) is 0 Å². The van der Waals surface area contributed by atoms with Crippen molar-refractivity contribution in [2.45, 2.75) is 13.5 Å². The molecule has 0 unspecified atom stereocenters. The van der Waals surface area contributed by atoms with Crippen molar-refractivity contribution < 1.29 is 9.53 Å². The van der Waals surface area contributed by atoms with E-state index in [-0.39, 0.29) is 5.91 Å². The van der Waals surface area contributed by atoms with E-state index in [9.17, 15) is 4.79 Å². The number of carbonyl (C=O) groups is 1. The second-order valence-corrected chi connectivity index (χ2v) is 6.32. The van der Waals surface area contributed by atoms with Crippen molar-refractivity contribution in [3.63, 3.8) is 0 Å². The van der Waals surface area contributed by atoms with Crippen LogP contribution in [0.5, 0.6) is 5.75 Å². The Kier molecular flexibility index (Phi) is 4.35. The molecule has 5 nitrogen and oxygen atoms in total. The molecule has 1 amide bonds. The number of aromatic nitrogens is 2. The van der Waals surface area contributed by atoms with Crippen molar-refractivity contribution in [1.29, 1.82) is 0 Å². The first-order chi connectivity index (χ1) is 12.7. The summed E-state index contributed by atoms with van der Waals surface area (Å²) in [7, 11) is 0. The first-order valence-electron chi connectivity index (χ1n) is 8.60. The van der Waals surface area contributed by atoms with Gasteiger partial charge in [0.15, 0.2) is 0 Å². The molecule has 1 aliphatic rings. The zero-order valence-corrected chi connectivity index (χ0v) is 14.6. The minimum absolute atomic E-state index is 0.0566. The molecule has 1 aromatic heterocycles. The number of aryl methyl sites for hydroxylation is 1. The second kappa shape index (κ2) is 6.96. The van der Waals surface area contributed by atoms with E-state index in [1.807, 2.05) is 18.2 Å². The molecular weight excluding hydrogens is 326 g/mol. The Morgan fingerprint density at radius 1 is 1.04 bits per heavy atom. The van der Waals surface area contributed by atoms with Crippen molar-refractivity contribution in [2.24, 2.45) is 0 Å². The normalized spacial score (nSPS) is 13.7. The van der Waals surface area contributed by atoms with Crippen LogP contribution in [0, 0.1) is 6.92 Å². The summed E-state index contributed by atoms with van der Waals surface area (Å²) in [6.07, 6.45) is 3.37. The topological polar surface area (TPSA) is 55.3 Å². The SMILES string of the molecule is Cc1ccc(-c2ccc3c(c2)C(=O)N(Cc2ncccn2)CCO3)cc1. The first kappa shape index (κ1) is 16.3. The van der Waals surface area contributed by atoms with Crippen molar-refractivity contribution in [2.75, 3.05) is 13.2 Å². The number of benzene rings is 2. The fourth-order valence-electron chi connectivity index (χ4n) is 3.02. The molecule has 0 fully saturated rings. The smallest absolute Gasteiger partial charge is 0.258 e. The molecule has 0 radical (unpaired) electrons. The maximum absolute atomic E-state index is 13.1. The standard InChI is InChI=1S/C21H19N3O2/c1-15-3-5-16(6-4-15)17-7-8-19-18(13-17)21(25)24(11-12-26-19)14-20-22-9-2-10-23-20/h2-10,13H,11-12,14H2,1H3. The number of fused-ring (bicyclic) bond motifs is 1. The summed E-state index contributed by atoms with van der Waals surface area (Å²) in [6, 6.07) is 15.8. The molecule has 5 heteroatoms. The number of nitrogens with zero attached hydrogens (tertiary/aromatic N) is 3. The Morgan fingerprint density at radius 3 is 2.54 bits per heavy atom. The number of hydrogen-bond acceptors (Lipinski definition) is 4. The minimum Gasteiger partial charge on any atom is -0.491 e. The zero-order chi connectivity index (χ0) is 17.9. The van der Waals surface area contributed by atoms with Gasteiger partial charge in [0, 0.05) is 12.4 Å². The molecule has 26 heavy (non-hydrogen) atoms. The Bertz CT molecular complexity index is 924. The third kappa shape index (κ3) is 3.28. The number of carbonyl (C=O) groups excluding carboxylic acids is 1. The van der Waals surface area contributed by atoms with Gasteiger partial charge in [0.05, 0.1) is 18.7 Å². The van der Waals surface area contributed by atoms with Crippen LogP contribution in [0.4, 0.5) is 0 Å². The van der Waals surface area contributed by atoms with E-state index in [1.165, 1.54) is 5.56 Å². The van der Waals surface area contributed by atoms with Gasteiger partial charge in [-0.1, -0.05) is 35.9 Å². The van der Waals surface area contributed by atoms with Gasteiger partial charge in [0.2, 0.25) is 0 Å². The molecule has 0 saturated carbocycles. The van der Waals surface area contributed by atoms with Crippen LogP contribution < -0.4 is 4.74 Å². The van der Waals surface area contributed by atoms with Crippen molar-refractivity contribution in [3.05, 3.63) is 77.9 Å². The highest BCUT2D eigenvalue weighted by molar-refractivity contribution is 5.98. The number of hydrogen-bond donors (Lipinski definition) is 0. The second-order valence-electron chi connectivity index (χ2n) is 6.32. The van der Waals surface area contributed by atoms with Gasteiger partial charge in [-0.25, -0.2) is 9.97 Å². The zero-order valence-electron chi connectivity index (χ0n) is 14.6. The largest absolute Gasteiger partial charge is 0.491 e. The molecule has 2 heterocycles. The van der Waals surface area contributed by atoms with Crippen LogP contribution in [0.25, 0.3) is 11.1 Å². The van der Waals surface area contributed by atoms with Crippen LogP contribution in [-0.4, -0.2) is 33.9 Å². The van der Waals surface area contributed by atoms with Crippen molar-refractivity contribution in [1.82, 2.24) is 14.9 Å². The number of amides is 1. The molecule has 3 aromatic rings. The predicted molar refractivity (Wildman–Crippen MR) is 98.9 cm³/mol. The summed E-state index contributed by atoms with van der Waals surface area (Å²) in [6.45, 7) is 3.39. The van der Waals surface area contributed by atoms with Crippen LogP contribution in [0.15, 0.2) is 60.9 Å². The molecule has 0 saturated heterocycles. The summed E-state index contributed by atoms with van der Waals surface area (Å²) in [5.41, 5.74) is 3.86. The molecular formula is C21H19N3O2. The maximum atomic E-state index is 13.1. The van der Waals surface area contributed by atoms with Crippen LogP contribution in [0.1, 0.15) is 21.7 Å². The lowest BCUT2D eigenvalue weighted by atomic mass is 10.0. The molecule has 130 valence electrons. The maximum Gasteiger partial charge on any atom is 0.258 e. The van der Waals surface area contributed by atoms with Crippen molar-refractivity contribution in [3.8, 4) is 16.9 Å². The Morgan fingerprint density at radius 2 is 1.77 bits per heavy atom. The molecule has 0 bridgehead atoms. The van der Waals surface area contributed by atoms with E-state index >= 15 is 0 Å². The Labute approximate surface area is 152 Å². The van der Waals surface area contributed by atoms with Gasteiger partial charge < -0.3 is 9.64 Å². The van der Waals surface area contributed by atoms with Gasteiger partial charge in [0.1, 0.15) is 18.2 Å². The average Bonchev–Trinajstić information content (AvgIpc) is 2.82. The quantitative estimate of drug-likeness (QED) is 0.729. The van der Waals surface area contributed by atoms with Crippen LogP contribution in [-0.2, 0) is 6.54 Å². The molecule has 0 N–H and O–H groups in total. The van der Waals surface area contributed by atoms with E-state index in [2.05, 4.69) is 41.2 Å². The third-order valence-electron chi connectivity index (χ3n) is 4.45. The van der Waals surface area contributed by atoms with Crippen molar-refractivity contribution >= 4 is 5.91 Å². The Hall–Kier alpha value is -3.21. The first-order valence-corrected chi connectivity index (χ1v) is 8.60. The fourth-order valence-corrected chi connectivity index (χ4v) is 3.02. The molecule has 0 aliphatic carbocycles. The predicted octanol–water partition coefficient (Wildman–Crippen LogP) is 3.49. The molecule has 4 rings (SSSR count). The molecule has 0 spiro atoms. The van der Waals surface area contributed by atoms with Gasteiger partial charge in [-0.3, -0.25) is 4.79 Å². The van der Waals surface area contributed by atoms with Gasteiger partial charge >= 0.3 is 0 Å². The van der Waals surface area contributed by atoms with Gasteiger partial charge in [-0.2, -0.15) is 0 Å². The van der Waals surface area contributed by atoms with Gasteiger partial charge in [0.25, 0.3) is 5.91 Å². The van der Waals surface area contributed by atoms with Crippen LogP contribution in [0.3, 0.4) is 0 Å². The summed E-state index contributed by atoms with van der Waals surface area (Å²) >= 11 is 0. The van der Waals surface area contributed by atoms with E-state index in [4.69, 9.17) is 4.74 Å². The van der Waals surface area contributed by atoms with Crippen LogP contribution >= 0.6 is 0 Å². The lowest BCUT2D eigenvalue weighted by Crippen LogP contribution is -2.32. The van der Waals surface area contributed by atoms with E-state index in [0.29, 0.717) is 36.8 Å². The monoisotopic (exact) mass is 345 g/mol. The minimum atomic E-state index is -0.0566. The van der Waals surface area contributed by atoms with Gasteiger partial charge in [-0.05, 0) is 36.2 Å². The Balaban J connectivity index is 1.66. The number of rotatable bonds is 3. The lowest BCUT2D eigenvalue weighted by Gasteiger charge is -2.19. The average molecular weight is 345 g/mol. The van der Waals surface area contributed by atoms with E-state index in [1.54, 1.807) is 23.4 Å². The summed E-state index contributed by atoms with van der Waals surface area (Å²) in [5, 5.41) is 0. The highest BCUT2D eigenvalue weighted by Crippen LogP contribution is 2.29. The summed E-state index contributed by atoms with van der Waals surface area (Å²) < 4.78 is 5.79. The van der Waals surface area contributed by atoms with E-state index in [0.717, 1.165) is 11.1 Å². The highest BCUT2D eigenvalue weighted by atomic mass is 16.5. The van der Waals surface area contributed by atoms with E-state index < -0.39 is 0 Å².